The van der Waals surface area contributed by atoms with Gasteiger partial charge in [0.25, 0.3) is 0 Å². The molecule has 98 valence electrons. The van der Waals surface area contributed by atoms with Crippen molar-refractivity contribution in [1.82, 2.24) is 0 Å². The van der Waals surface area contributed by atoms with E-state index in [4.69, 9.17) is 9.16 Å². The first-order valence-corrected chi connectivity index (χ1v) is 8.72. The molecular weight excluding hydrogens is 232 g/mol. The van der Waals surface area contributed by atoms with Crippen LogP contribution in [0, 0.1) is 5.92 Å². The van der Waals surface area contributed by atoms with Gasteiger partial charge in [-0.1, -0.05) is 27.7 Å². The quantitative estimate of drug-likeness (QED) is 0.575. The normalized spacial score (nSPS) is 34.6. The molecule has 17 heavy (non-hydrogen) atoms. The Morgan fingerprint density at radius 2 is 1.94 bits per heavy atom. The predicted octanol–water partition coefficient (Wildman–Crippen LogP) is 3.11. The van der Waals surface area contributed by atoms with Crippen LogP contribution >= 0.6 is 0 Å². The third-order valence-corrected chi connectivity index (χ3v) is 11.2. The molecule has 0 N–H and O–H groups in total. The lowest BCUT2D eigenvalue weighted by Crippen LogP contribution is -2.56. The van der Waals surface area contributed by atoms with E-state index >= 15 is 0 Å². The molecule has 2 atom stereocenters. The maximum absolute atomic E-state index is 12.3. The molecular formula is C13H24O3Si. The zero-order valence-corrected chi connectivity index (χ0v) is 12.6. The first kappa shape index (κ1) is 13.1. The predicted molar refractivity (Wildman–Crippen MR) is 69.3 cm³/mol. The summed E-state index contributed by atoms with van der Waals surface area (Å²) in [4.78, 5) is 12.3. The van der Waals surface area contributed by atoms with Crippen LogP contribution in [0.1, 0.15) is 40.5 Å². The van der Waals surface area contributed by atoms with Gasteiger partial charge in [-0.3, -0.25) is 4.79 Å². The van der Waals surface area contributed by atoms with E-state index in [1.54, 1.807) is 0 Å². The Kier molecular flexibility index (Phi) is 3.15. The van der Waals surface area contributed by atoms with E-state index in [0.717, 1.165) is 19.4 Å². The highest BCUT2D eigenvalue weighted by Gasteiger charge is 2.77. The molecule has 0 bridgehead atoms. The van der Waals surface area contributed by atoms with Gasteiger partial charge >= 0.3 is 5.97 Å². The second kappa shape index (κ2) is 4.09. The number of carbonyl (C=O) groups is 1. The standard InChI is InChI=1S/C13H24O3Si/c1-9(2)17(10(3)4)13(12(14)15-5)8-11(13)6-7-16-17/h9-11H,6-8H2,1-5H3. The average Bonchev–Trinajstić information content (AvgIpc) is 3.01. The maximum Gasteiger partial charge on any atom is 0.311 e. The van der Waals surface area contributed by atoms with Crippen molar-refractivity contribution in [3.8, 4) is 0 Å². The monoisotopic (exact) mass is 256 g/mol. The molecule has 2 aliphatic rings. The van der Waals surface area contributed by atoms with E-state index in [1.807, 2.05) is 0 Å². The van der Waals surface area contributed by atoms with Crippen molar-refractivity contribution in [3.05, 3.63) is 0 Å². The molecule has 2 unspecified atom stereocenters. The second-order valence-corrected chi connectivity index (χ2v) is 11.2. The summed E-state index contributed by atoms with van der Waals surface area (Å²) >= 11 is 0. The van der Waals surface area contributed by atoms with Crippen LogP contribution in [0.3, 0.4) is 0 Å². The molecule has 0 spiro atoms. The van der Waals surface area contributed by atoms with Gasteiger partial charge in [0.15, 0.2) is 0 Å². The van der Waals surface area contributed by atoms with Crippen LogP contribution < -0.4 is 0 Å². The SMILES string of the molecule is COC(=O)C12CC1CCO[Si]2(C(C)C)C(C)C. The van der Waals surface area contributed by atoms with Crippen LogP contribution in [0.15, 0.2) is 0 Å². The fraction of sp³-hybridized carbons (Fsp3) is 0.923. The van der Waals surface area contributed by atoms with Crippen LogP contribution in [-0.2, 0) is 14.0 Å². The number of methoxy groups -OCH3 is 1. The Labute approximate surface area is 105 Å². The van der Waals surface area contributed by atoms with Crippen molar-refractivity contribution in [2.45, 2.75) is 56.7 Å². The Morgan fingerprint density at radius 3 is 2.41 bits per heavy atom. The number of rotatable bonds is 3. The van der Waals surface area contributed by atoms with Gasteiger partial charge in [-0.25, -0.2) is 0 Å². The second-order valence-electron chi connectivity index (χ2n) is 6.10. The molecule has 2 fully saturated rings. The van der Waals surface area contributed by atoms with E-state index in [-0.39, 0.29) is 11.0 Å². The van der Waals surface area contributed by atoms with Crippen LogP contribution in [0.2, 0.25) is 16.1 Å². The average molecular weight is 256 g/mol. The molecule has 3 nitrogen and oxygen atoms in total. The first-order chi connectivity index (χ1) is 7.93. The van der Waals surface area contributed by atoms with Crippen molar-refractivity contribution in [1.29, 1.82) is 0 Å². The van der Waals surface area contributed by atoms with Crippen molar-refractivity contribution >= 4 is 14.3 Å². The highest BCUT2D eigenvalue weighted by molar-refractivity contribution is 6.83. The van der Waals surface area contributed by atoms with Gasteiger partial charge < -0.3 is 9.16 Å². The minimum atomic E-state index is -2.08. The highest BCUT2D eigenvalue weighted by atomic mass is 28.4. The van der Waals surface area contributed by atoms with E-state index in [2.05, 4.69) is 27.7 Å². The molecule has 4 heteroatoms. The topological polar surface area (TPSA) is 35.5 Å². The minimum Gasteiger partial charge on any atom is -0.469 e. The van der Waals surface area contributed by atoms with Crippen LogP contribution in [0.4, 0.5) is 0 Å². The summed E-state index contributed by atoms with van der Waals surface area (Å²) in [5.41, 5.74) is 0.929. The van der Waals surface area contributed by atoms with Gasteiger partial charge in [0.2, 0.25) is 8.32 Å². The molecule has 1 saturated heterocycles. The molecule has 2 rings (SSSR count). The number of hydrogen-bond donors (Lipinski definition) is 0. The number of ether oxygens (including phenoxy) is 1. The first-order valence-electron chi connectivity index (χ1n) is 6.65. The Hall–Kier alpha value is -0.353. The maximum atomic E-state index is 12.3. The lowest BCUT2D eigenvalue weighted by Gasteiger charge is -2.46. The molecule has 0 aromatic rings. The van der Waals surface area contributed by atoms with Crippen LogP contribution in [0.25, 0.3) is 0 Å². The zero-order chi connectivity index (χ0) is 12.8. The summed E-state index contributed by atoms with van der Waals surface area (Å²) in [6, 6.07) is 0. The van der Waals surface area contributed by atoms with Crippen LogP contribution in [0.5, 0.6) is 0 Å². The smallest absolute Gasteiger partial charge is 0.311 e. The number of fused-ring (bicyclic) bond motifs is 1. The third kappa shape index (κ3) is 1.46. The zero-order valence-electron chi connectivity index (χ0n) is 11.6. The summed E-state index contributed by atoms with van der Waals surface area (Å²) in [5.74, 6) is 0.524. The van der Waals surface area contributed by atoms with Gasteiger partial charge in [0, 0.05) is 6.61 Å². The van der Waals surface area contributed by atoms with Gasteiger partial charge in [0.05, 0.1) is 12.1 Å². The Bertz CT molecular complexity index is 319. The largest absolute Gasteiger partial charge is 0.469 e. The van der Waals surface area contributed by atoms with E-state index in [1.165, 1.54) is 7.11 Å². The lowest BCUT2D eigenvalue weighted by atomic mass is 10.2. The van der Waals surface area contributed by atoms with Gasteiger partial charge in [-0.15, -0.1) is 0 Å². The van der Waals surface area contributed by atoms with Gasteiger partial charge in [-0.2, -0.15) is 0 Å². The van der Waals surface area contributed by atoms with E-state index in [0.29, 0.717) is 17.0 Å². The molecule has 0 aromatic heterocycles. The molecule has 0 radical (unpaired) electrons. The molecule has 1 aliphatic heterocycles. The molecule has 1 saturated carbocycles. The fourth-order valence-corrected chi connectivity index (χ4v) is 10.8. The highest BCUT2D eigenvalue weighted by Crippen LogP contribution is 2.74. The van der Waals surface area contributed by atoms with Crippen LogP contribution in [-0.4, -0.2) is 28.0 Å². The van der Waals surface area contributed by atoms with Crippen molar-refractivity contribution in [2.75, 3.05) is 13.7 Å². The Morgan fingerprint density at radius 1 is 1.35 bits per heavy atom. The van der Waals surface area contributed by atoms with Crippen molar-refractivity contribution < 1.29 is 14.0 Å². The van der Waals surface area contributed by atoms with E-state index < -0.39 is 8.32 Å². The van der Waals surface area contributed by atoms with Gasteiger partial charge in [0.1, 0.15) is 0 Å². The number of hydrogen-bond acceptors (Lipinski definition) is 3. The third-order valence-electron chi connectivity index (χ3n) is 4.87. The molecule has 0 amide bonds. The summed E-state index contributed by atoms with van der Waals surface area (Å²) in [6.07, 6.45) is 2.03. The minimum absolute atomic E-state index is 0.00346. The Balaban J connectivity index is 2.45. The fourth-order valence-electron chi connectivity index (χ4n) is 4.28. The summed E-state index contributed by atoms with van der Waals surface area (Å²) in [7, 11) is -0.561. The van der Waals surface area contributed by atoms with Crippen molar-refractivity contribution in [2.24, 2.45) is 5.92 Å². The molecule has 1 aliphatic carbocycles. The summed E-state index contributed by atoms with van der Waals surface area (Å²) < 4.78 is 11.4. The van der Waals surface area contributed by atoms with Crippen molar-refractivity contribution in [3.63, 3.8) is 0 Å². The molecule has 1 heterocycles. The number of esters is 1. The molecule has 0 aromatic carbocycles. The van der Waals surface area contributed by atoms with Gasteiger partial charge in [-0.05, 0) is 29.8 Å². The van der Waals surface area contributed by atoms with E-state index in [9.17, 15) is 4.79 Å². The summed E-state index contributed by atoms with van der Waals surface area (Å²) in [6.45, 7) is 9.72. The summed E-state index contributed by atoms with van der Waals surface area (Å²) in [5, 5.41) is -0.234. The lowest BCUT2D eigenvalue weighted by molar-refractivity contribution is -0.142. The number of carbonyl (C=O) groups excluding carboxylic acids is 1.